The van der Waals surface area contributed by atoms with E-state index in [0.29, 0.717) is 6.54 Å². The highest BCUT2D eigenvalue weighted by molar-refractivity contribution is 14.0. The molecule has 0 atom stereocenters. The molecule has 0 aromatic heterocycles. The molecule has 0 aromatic rings. The summed E-state index contributed by atoms with van der Waals surface area (Å²) in [5.74, 6) is 0.800. The van der Waals surface area contributed by atoms with Crippen molar-refractivity contribution in [2.45, 2.75) is 57.6 Å². The van der Waals surface area contributed by atoms with Gasteiger partial charge in [0.05, 0.1) is 25.4 Å². The lowest BCUT2D eigenvalue weighted by molar-refractivity contribution is -0.00685. The fourth-order valence-electron chi connectivity index (χ4n) is 3.34. The van der Waals surface area contributed by atoms with Gasteiger partial charge in [-0.05, 0) is 33.6 Å². The van der Waals surface area contributed by atoms with Gasteiger partial charge in [0.1, 0.15) is 0 Å². The van der Waals surface area contributed by atoms with Crippen LogP contribution in [0.15, 0.2) is 4.99 Å². The smallest absolute Gasteiger partial charge is 0.191 e. The summed E-state index contributed by atoms with van der Waals surface area (Å²) < 4.78 is 5.44. The topological polar surface area (TPSA) is 69.1 Å². The molecule has 1 heterocycles. The Hall–Kier alpha value is -0.120. The van der Waals surface area contributed by atoms with Crippen molar-refractivity contribution in [3.8, 4) is 0 Å². The molecule has 0 aromatic carbocycles. The molecule has 0 bridgehead atoms. The molecule has 2 fully saturated rings. The summed E-state index contributed by atoms with van der Waals surface area (Å²) in [6.07, 6.45) is 4.02. The molecule has 1 saturated heterocycles. The fourth-order valence-corrected chi connectivity index (χ4v) is 3.34. The van der Waals surface area contributed by atoms with Gasteiger partial charge in [-0.1, -0.05) is 12.8 Å². The van der Waals surface area contributed by atoms with E-state index in [0.717, 1.165) is 71.0 Å². The number of ether oxygens (including phenoxy) is 1. The van der Waals surface area contributed by atoms with Crippen LogP contribution in [-0.4, -0.2) is 73.0 Å². The van der Waals surface area contributed by atoms with Crippen LogP contribution in [0, 0.1) is 0 Å². The number of nitrogens with zero attached hydrogens (tertiary/aromatic N) is 2. The van der Waals surface area contributed by atoms with Gasteiger partial charge in [-0.25, -0.2) is 0 Å². The van der Waals surface area contributed by atoms with Crippen molar-refractivity contribution in [2.75, 3.05) is 45.9 Å². The van der Waals surface area contributed by atoms with Crippen molar-refractivity contribution >= 4 is 29.9 Å². The molecule has 1 saturated carbocycles. The van der Waals surface area contributed by atoms with Crippen molar-refractivity contribution < 1.29 is 9.84 Å². The van der Waals surface area contributed by atoms with Crippen molar-refractivity contribution in [2.24, 2.45) is 4.99 Å². The second-order valence-electron chi connectivity index (χ2n) is 7.39. The number of rotatable bonds is 6. The average Bonchev–Trinajstić information content (AvgIpc) is 2.98. The van der Waals surface area contributed by atoms with Crippen LogP contribution in [0.4, 0.5) is 0 Å². The summed E-state index contributed by atoms with van der Waals surface area (Å²) in [6.45, 7) is 12.2. The third kappa shape index (κ3) is 6.65. The van der Waals surface area contributed by atoms with E-state index in [1.807, 2.05) is 0 Å². The lowest BCUT2D eigenvalue weighted by atomic mass is 10.0. The Balaban J connectivity index is 0.00000288. The highest BCUT2D eigenvalue weighted by atomic mass is 127. The zero-order valence-corrected chi connectivity index (χ0v) is 17.8. The molecule has 2 rings (SSSR count). The molecule has 0 radical (unpaired) electrons. The summed E-state index contributed by atoms with van der Waals surface area (Å²) >= 11 is 0. The molecule has 3 N–H and O–H groups in total. The second kappa shape index (κ2) is 10.1. The van der Waals surface area contributed by atoms with Crippen LogP contribution in [0.3, 0.4) is 0 Å². The summed E-state index contributed by atoms with van der Waals surface area (Å²) in [6, 6.07) is 0. The number of guanidine groups is 1. The monoisotopic (exact) mass is 454 g/mol. The fraction of sp³-hybridized carbons (Fsp3) is 0.941. The van der Waals surface area contributed by atoms with Gasteiger partial charge in [-0.3, -0.25) is 9.89 Å². The number of nitrogens with one attached hydrogen (secondary N) is 2. The summed E-state index contributed by atoms with van der Waals surface area (Å²) in [5, 5.41) is 17.1. The van der Waals surface area contributed by atoms with Gasteiger partial charge in [0.25, 0.3) is 0 Å². The first-order chi connectivity index (χ1) is 11.0. The van der Waals surface area contributed by atoms with Crippen LogP contribution < -0.4 is 10.6 Å². The maximum Gasteiger partial charge on any atom is 0.191 e. The average molecular weight is 454 g/mol. The molecule has 2 aliphatic rings. The summed E-state index contributed by atoms with van der Waals surface area (Å²) in [4.78, 5) is 7.19. The lowest BCUT2D eigenvalue weighted by Crippen LogP contribution is -2.52. The van der Waals surface area contributed by atoms with Gasteiger partial charge in [-0.15, -0.1) is 24.0 Å². The second-order valence-corrected chi connectivity index (χ2v) is 7.39. The van der Waals surface area contributed by atoms with E-state index in [1.54, 1.807) is 0 Å². The van der Waals surface area contributed by atoms with E-state index in [2.05, 4.69) is 36.3 Å². The van der Waals surface area contributed by atoms with Crippen molar-refractivity contribution in [1.82, 2.24) is 15.5 Å². The predicted molar refractivity (Wildman–Crippen MR) is 109 cm³/mol. The molecule has 0 unspecified atom stereocenters. The molecular formula is C17H35IN4O2. The van der Waals surface area contributed by atoms with Gasteiger partial charge in [0.15, 0.2) is 5.96 Å². The Labute approximate surface area is 163 Å². The van der Waals surface area contributed by atoms with E-state index < -0.39 is 5.60 Å². The van der Waals surface area contributed by atoms with Crippen molar-refractivity contribution in [3.05, 3.63) is 0 Å². The Morgan fingerprint density at radius 2 is 1.83 bits per heavy atom. The van der Waals surface area contributed by atoms with Crippen molar-refractivity contribution in [3.63, 3.8) is 0 Å². The first kappa shape index (κ1) is 21.9. The Kier molecular flexibility index (Phi) is 9.25. The zero-order valence-electron chi connectivity index (χ0n) is 15.4. The molecular weight excluding hydrogens is 419 g/mol. The molecule has 24 heavy (non-hydrogen) atoms. The molecule has 0 amide bonds. The highest BCUT2D eigenvalue weighted by Gasteiger charge is 2.31. The van der Waals surface area contributed by atoms with Gasteiger partial charge in [0.2, 0.25) is 0 Å². The third-order valence-corrected chi connectivity index (χ3v) is 4.95. The normalized spacial score (nSPS) is 22.1. The number of halogens is 1. The third-order valence-electron chi connectivity index (χ3n) is 4.95. The largest absolute Gasteiger partial charge is 0.388 e. The van der Waals surface area contributed by atoms with Crippen LogP contribution in [0.25, 0.3) is 0 Å². The Morgan fingerprint density at radius 3 is 2.42 bits per heavy atom. The van der Waals surface area contributed by atoms with Gasteiger partial charge >= 0.3 is 0 Å². The molecule has 1 aliphatic heterocycles. The van der Waals surface area contributed by atoms with Crippen LogP contribution in [0.1, 0.15) is 46.5 Å². The number of hydrogen-bond donors (Lipinski definition) is 3. The number of aliphatic hydroxyl groups is 1. The standard InChI is InChI=1S/C17H34N4O2.HI/c1-4-18-15(20-14-17(22)7-5-6-8-17)19-13-16(2,3)21-9-11-23-12-10-21;/h22H,4-14H2,1-3H3,(H2,18,19,20);1H. The zero-order chi connectivity index (χ0) is 16.8. The minimum atomic E-state index is -0.560. The van der Waals surface area contributed by atoms with Crippen LogP contribution in [0.2, 0.25) is 0 Å². The van der Waals surface area contributed by atoms with Gasteiger partial charge in [0, 0.05) is 31.7 Å². The van der Waals surface area contributed by atoms with E-state index in [4.69, 9.17) is 9.73 Å². The van der Waals surface area contributed by atoms with Crippen LogP contribution in [-0.2, 0) is 4.74 Å². The minimum absolute atomic E-state index is 0. The Bertz CT molecular complexity index is 392. The molecule has 6 nitrogen and oxygen atoms in total. The predicted octanol–water partition coefficient (Wildman–Crippen LogP) is 1.58. The number of aliphatic imine (C=N–C) groups is 1. The summed E-state index contributed by atoms with van der Waals surface area (Å²) in [5.41, 5.74) is -0.549. The van der Waals surface area contributed by atoms with E-state index in [9.17, 15) is 5.11 Å². The Morgan fingerprint density at radius 1 is 1.21 bits per heavy atom. The van der Waals surface area contributed by atoms with E-state index in [1.165, 1.54) is 0 Å². The maximum atomic E-state index is 10.5. The van der Waals surface area contributed by atoms with Gasteiger partial charge < -0.3 is 20.5 Å². The number of morpholine rings is 1. The molecule has 0 spiro atoms. The van der Waals surface area contributed by atoms with E-state index >= 15 is 0 Å². The van der Waals surface area contributed by atoms with E-state index in [-0.39, 0.29) is 29.5 Å². The first-order valence-corrected chi connectivity index (χ1v) is 9.03. The van der Waals surface area contributed by atoms with Gasteiger partial charge in [-0.2, -0.15) is 0 Å². The lowest BCUT2D eigenvalue weighted by Gasteiger charge is -2.40. The summed E-state index contributed by atoms with van der Waals surface area (Å²) in [7, 11) is 0. The molecule has 1 aliphatic carbocycles. The minimum Gasteiger partial charge on any atom is -0.388 e. The quantitative estimate of drug-likeness (QED) is 0.323. The molecule has 142 valence electrons. The van der Waals surface area contributed by atoms with Crippen molar-refractivity contribution in [1.29, 1.82) is 0 Å². The van der Waals surface area contributed by atoms with Crippen LogP contribution in [0.5, 0.6) is 0 Å². The first-order valence-electron chi connectivity index (χ1n) is 9.03. The molecule has 7 heteroatoms. The SMILES string of the molecule is CCNC(=NCC(C)(C)N1CCOCC1)NCC1(O)CCCC1.I. The highest BCUT2D eigenvalue weighted by Crippen LogP contribution is 2.28. The number of hydrogen-bond acceptors (Lipinski definition) is 4. The maximum absolute atomic E-state index is 10.5. The van der Waals surface area contributed by atoms with Crippen LogP contribution >= 0.6 is 24.0 Å².